The van der Waals surface area contributed by atoms with E-state index in [9.17, 15) is 4.79 Å². The van der Waals surface area contributed by atoms with Crippen molar-refractivity contribution >= 4 is 11.7 Å². The molecule has 4 heteroatoms. The number of carbonyl (C=O) groups excluding carboxylic acids is 1. The van der Waals surface area contributed by atoms with E-state index in [1.165, 1.54) is 0 Å². The lowest BCUT2D eigenvalue weighted by atomic mass is 10.1. The second kappa shape index (κ2) is 5.67. The molecule has 0 aliphatic carbocycles. The van der Waals surface area contributed by atoms with Gasteiger partial charge in [0.2, 0.25) is 0 Å². The fraction of sp³-hybridized carbons (Fsp3) is 0.429. The number of hydrogen-bond donors (Lipinski definition) is 1. The maximum Gasteiger partial charge on any atom is 0.312 e. The quantitative estimate of drug-likeness (QED) is 0.659. The van der Waals surface area contributed by atoms with E-state index in [4.69, 9.17) is 14.9 Å². The van der Waals surface area contributed by atoms with Gasteiger partial charge in [-0.3, -0.25) is 4.79 Å². The minimum absolute atomic E-state index is 0.0242. The molecular formula is C14H19NO3. The van der Waals surface area contributed by atoms with Gasteiger partial charge in [-0.25, -0.2) is 0 Å². The van der Waals surface area contributed by atoms with Crippen molar-refractivity contribution in [2.45, 2.75) is 32.8 Å². The van der Waals surface area contributed by atoms with Crippen LogP contribution in [-0.4, -0.2) is 24.4 Å². The van der Waals surface area contributed by atoms with Crippen LogP contribution in [0.1, 0.15) is 32.8 Å². The van der Waals surface area contributed by atoms with Gasteiger partial charge in [-0.15, -0.1) is 0 Å². The Hall–Kier alpha value is -1.84. The number of carbonyl (C=O) groups is 1. The Balaban J connectivity index is 2.62. The van der Waals surface area contributed by atoms with Crippen molar-refractivity contribution in [3.05, 3.63) is 29.8 Å². The SMILES string of the molecule is COc1ccc(C(=N)CC(=O)OC(C)(C)C)cc1. The van der Waals surface area contributed by atoms with Crippen LogP contribution in [0, 0.1) is 5.41 Å². The fourth-order valence-electron chi connectivity index (χ4n) is 1.42. The van der Waals surface area contributed by atoms with Gasteiger partial charge in [0.15, 0.2) is 0 Å². The summed E-state index contributed by atoms with van der Waals surface area (Å²) in [5.74, 6) is 0.340. The van der Waals surface area contributed by atoms with Gasteiger partial charge in [0, 0.05) is 5.71 Å². The molecule has 18 heavy (non-hydrogen) atoms. The Morgan fingerprint density at radius 2 is 1.78 bits per heavy atom. The van der Waals surface area contributed by atoms with Crippen molar-refractivity contribution in [1.82, 2.24) is 0 Å². The molecule has 1 N–H and O–H groups in total. The predicted octanol–water partition coefficient (Wildman–Crippen LogP) is 2.79. The third-order valence-electron chi connectivity index (χ3n) is 2.18. The van der Waals surface area contributed by atoms with Crippen molar-refractivity contribution in [3.8, 4) is 5.75 Å². The van der Waals surface area contributed by atoms with E-state index in [0.717, 1.165) is 5.75 Å². The highest BCUT2D eigenvalue weighted by molar-refractivity contribution is 6.07. The molecule has 0 heterocycles. The Morgan fingerprint density at radius 1 is 1.22 bits per heavy atom. The molecule has 4 nitrogen and oxygen atoms in total. The number of methoxy groups -OCH3 is 1. The molecule has 0 atom stereocenters. The maximum atomic E-state index is 11.6. The summed E-state index contributed by atoms with van der Waals surface area (Å²) in [6.45, 7) is 5.42. The highest BCUT2D eigenvalue weighted by atomic mass is 16.6. The Kier molecular flexibility index (Phi) is 4.48. The zero-order valence-electron chi connectivity index (χ0n) is 11.2. The molecule has 0 unspecified atom stereocenters. The number of rotatable bonds is 4. The molecule has 1 aromatic rings. The molecule has 0 aliphatic rings. The molecule has 0 spiro atoms. The fourth-order valence-corrected chi connectivity index (χ4v) is 1.42. The Labute approximate surface area is 107 Å². The van der Waals surface area contributed by atoms with Crippen LogP contribution in [0.4, 0.5) is 0 Å². The van der Waals surface area contributed by atoms with E-state index in [1.807, 2.05) is 20.8 Å². The number of benzene rings is 1. The van der Waals surface area contributed by atoms with Gasteiger partial charge in [-0.2, -0.15) is 0 Å². The largest absolute Gasteiger partial charge is 0.497 e. The smallest absolute Gasteiger partial charge is 0.312 e. The number of esters is 1. The lowest BCUT2D eigenvalue weighted by molar-refractivity contribution is -0.153. The minimum Gasteiger partial charge on any atom is -0.497 e. The van der Waals surface area contributed by atoms with Crippen molar-refractivity contribution in [2.24, 2.45) is 0 Å². The van der Waals surface area contributed by atoms with E-state index in [0.29, 0.717) is 5.56 Å². The van der Waals surface area contributed by atoms with E-state index in [-0.39, 0.29) is 18.1 Å². The molecule has 0 fully saturated rings. The second-order valence-corrected chi connectivity index (χ2v) is 4.97. The van der Waals surface area contributed by atoms with Crippen molar-refractivity contribution in [1.29, 1.82) is 5.41 Å². The summed E-state index contributed by atoms with van der Waals surface area (Å²) in [7, 11) is 1.58. The molecule has 1 rings (SSSR count). The lowest BCUT2D eigenvalue weighted by Crippen LogP contribution is -2.25. The van der Waals surface area contributed by atoms with Gasteiger partial charge in [-0.05, 0) is 50.6 Å². The van der Waals surface area contributed by atoms with Crippen LogP contribution >= 0.6 is 0 Å². The predicted molar refractivity (Wildman–Crippen MR) is 70.3 cm³/mol. The van der Waals surface area contributed by atoms with Crippen LogP contribution in [0.5, 0.6) is 5.75 Å². The van der Waals surface area contributed by atoms with Crippen molar-refractivity contribution in [2.75, 3.05) is 7.11 Å². The van der Waals surface area contributed by atoms with E-state index in [1.54, 1.807) is 31.4 Å². The monoisotopic (exact) mass is 249 g/mol. The maximum absolute atomic E-state index is 11.6. The highest BCUT2D eigenvalue weighted by Gasteiger charge is 2.17. The van der Waals surface area contributed by atoms with Crippen LogP contribution in [0.3, 0.4) is 0 Å². The third-order valence-corrected chi connectivity index (χ3v) is 2.18. The summed E-state index contributed by atoms with van der Waals surface area (Å²) < 4.78 is 10.2. The topological polar surface area (TPSA) is 59.4 Å². The molecule has 1 aromatic carbocycles. The van der Waals surface area contributed by atoms with Gasteiger partial charge in [0.05, 0.1) is 13.5 Å². The summed E-state index contributed by atoms with van der Waals surface area (Å²) in [6, 6.07) is 7.04. The molecule has 0 amide bonds. The van der Waals surface area contributed by atoms with Gasteiger partial charge in [0.25, 0.3) is 0 Å². The van der Waals surface area contributed by atoms with Crippen LogP contribution < -0.4 is 4.74 Å². The molecule has 0 bridgehead atoms. The standard InChI is InChI=1S/C14H19NO3/c1-14(2,3)18-13(16)9-12(15)10-5-7-11(17-4)8-6-10/h5-8,15H,9H2,1-4H3. The molecule has 0 aliphatic heterocycles. The Bertz CT molecular complexity index is 429. The molecule has 0 radical (unpaired) electrons. The molecule has 0 aromatic heterocycles. The Morgan fingerprint density at radius 3 is 2.22 bits per heavy atom. The third kappa shape index (κ3) is 4.57. The van der Waals surface area contributed by atoms with Crippen LogP contribution in [0.25, 0.3) is 0 Å². The first-order chi connectivity index (χ1) is 8.31. The minimum atomic E-state index is -0.517. The second-order valence-electron chi connectivity index (χ2n) is 4.97. The van der Waals surface area contributed by atoms with Gasteiger partial charge >= 0.3 is 5.97 Å². The summed E-state index contributed by atoms with van der Waals surface area (Å²) in [6.07, 6.45) is -0.0242. The first kappa shape index (κ1) is 14.2. The average molecular weight is 249 g/mol. The van der Waals surface area contributed by atoms with Gasteiger partial charge in [-0.1, -0.05) is 0 Å². The lowest BCUT2D eigenvalue weighted by Gasteiger charge is -2.19. The average Bonchev–Trinajstić information content (AvgIpc) is 2.26. The molecule has 98 valence electrons. The zero-order valence-corrected chi connectivity index (χ0v) is 11.2. The van der Waals surface area contributed by atoms with Crippen molar-refractivity contribution < 1.29 is 14.3 Å². The van der Waals surface area contributed by atoms with Crippen LogP contribution in [0.2, 0.25) is 0 Å². The summed E-state index contributed by atoms with van der Waals surface area (Å²) in [5, 5.41) is 7.85. The van der Waals surface area contributed by atoms with Crippen molar-refractivity contribution in [3.63, 3.8) is 0 Å². The number of hydrogen-bond acceptors (Lipinski definition) is 4. The molecule has 0 saturated carbocycles. The number of nitrogens with one attached hydrogen (secondary N) is 1. The van der Waals surface area contributed by atoms with E-state index >= 15 is 0 Å². The van der Waals surface area contributed by atoms with Crippen LogP contribution in [-0.2, 0) is 9.53 Å². The normalized spacial score (nSPS) is 10.9. The first-order valence-corrected chi connectivity index (χ1v) is 5.75. The van der Waals surface area contributed by atoms with E-state index < -0.39 is 5.60 Å². The van der Waals surface area contributed by atoms with Gasteiger partial charge in [0.1, 0.15) is 11.4 Å². The first-order valence-electron chi connectivity index (χ1n) is 5.75. The molecular weight excluding hydrogens is 230 g/mol. The number of ether oxygens (including phenoxy) is 2. The molecule has 0 saturated heterocycles. The van der Waals surface area contributed by atoms with E-state index in [2.05, 4.69) is 0 Å². The van der Waals surface area contributed by atoms with Crippen LogP contribution in [0.15, 0.2) is 24.3 Å². The zero-order chi connectivity index (χ0) is 13.8. The highest BCUT2D eigenvalue weighted by Crippen LogP contribution is 2.14. The summed E-state index contributed by atoms with van der Waals surface area (Å²) >= 11 is 0. The summed E-state index contributed by atoms with van der Waals surface area (Å²) in [5.41, 5.74) is 0.422. The summed E-state index contributed by atoms with van der Waals surface area (Å²) in [4.78, 5) is 11.6. The van der Waals surface area contributed by atoms with Gasteiger partial charge < -0.3 is 14.9 Å².